The summed E-state index contributed by atoms with van der Waals surface area (Å²) < 4.78 is 2.33. The number of aromatic nitrogens is 1. The lowest BCUT2D eigenvalue weighted by Gasteiger charge is -2.29. The molecule has 0 saturated carbocycles. The fourth-order valence-electron chi connectivity index (χ4n) is 2.85. The normalized spacial score (nSPS) is 18.5. The minimum Gasteiger partial charge on any atom is -0.278 e. The van der Waals surface area contributed by atoms with Gasteiger partial charge in [-0.25, -0.2) is 0 Å². The third-order valence-corrected chi connectivity index (χ3v) is 3.62. The topological polar surface area (TPSA) is 8.17 Å². The molecule has 2 heterocycles. The van der Waals surface area contributed by atoms with E-state index in [0.29, 0.717) is 6.04 Å². The molecule has 2 nitrogen and oxygen atoms in total. The first kappa shape index (κ1) is 10.5. The average molecular weight is 226 g/mol. The molecule has 3 rings (SSSR count). The Balaban J connectivity index is 2.16. The molecule has 0 spiro atoms. The first-order valence-corrected chi connectivity index (χ1v) is 6.21. The zero-order valence-electron chi connectivity index (χ0n) is 10.6. The van der Waals surface area contributed by atoms with Gasteiger partial charge in [0.15, 0.2) is 0 Å². The monoisotopic (exact) mass is 226 g/mol. The highest BCUT2D eigenvalue weighted by atomic mass is 15.6. The van der Waals surface area contributed by atoms with Crippen LogP contribution in [0.1, 0.15) is 23.9 Å². The van der Waals surface area contributed by atoms with E-state index in [9.17, 15) is 0 Å². The van der Waals surface area contributed by atoms with Gasteiger partial charge in [-0.2, -0.15) is 0 Å². The SMILES string of the molecule is Cc1ccc(C)n1N1c2ccccc2CC1C. The Bertz CT molecular complexity index is 534. The van der Waals surface area contributed by atoms with E-state index in [1.54, 1.807) is 0 Å². The predicted molar refractivity (Wildman–Crippen MR) is 71.4 cm³/mol. The van der Waals surface area contributed by atoms with Crippen molar-refractivity contribution in [2.75, 3.05) is 5.01 Å². The molecule has 88 valence electrons. The lowest BCUT2D eigenvalue weighted by molar-refractivity contribution is 0.585. The van der Waals surface area contributed by atoms with Crippen molar-refractivity contribution in [3.05, 3.63) is 53.3 Å². The summed E-state index contributed by atoms with van der Waals surface area (Å²) >= 11 is 0. The largest absolute Gasteiger partial charge is 0.278 e. The Kier molecular flexibility index (Phi) is 2.25. The smallest absolute Gasteiger partial charge is 0.0614 e. The van der Waals surface area contributed by atoms with Crippen LogP contribution in [0.15, 0.2) is 36.4 Å². The molecule has 1 aromatic heterocycles. The van der Waals surface area contributed by atoms with E-state index in [4.69, 9.17) is 0 Å². The zero-order chi connectivity index (χ0) is 12.0. The quantitative estimate of drug-likeness (QED) is 0.724. The number of fused-ring (bicyclic) bond motifs is 1. The van der Waals surface area contributed by atoms with Crippen LogP contribution in [-0.2, 0) is 6.42 Å². The van der Waals surface area contributed by atoms with Crippen molar-refractivity contribution in [2.45, 2.75) is 33.2 Å². The third kappa shape index (κ3) is 1.47. The molecule has 1 unspecified atom stereocenters. The average Bonchev–Trinajstić information content (AvgIpc) is 2.79. The van der Waals surface area contributed by atoms with E-state index in [1.807, 2.05) is 0 Å². The molecular weight excluding hydrogens is 208 g/mol. The standard InChI is InChI=1S/C15H18N2/c1-11-8-9-12(2)16(11)17-13(3)10-14-6-4-5-7-15(14)17/h4-9,13H,10H2,1-3H3. The molecule has 0 fully saturated rings. The Morgan fingerprint density at radius 1 is 1.00 bits per heavy atom. The Hall–Kier alpha value is -1.70. The molecule has 0 saturated heterocycles. The van der Waals surface area contributed by atoms with Crippen LogP contribution in [0.2, 0.25) is 0 Å². The van der Waals surface area contributed by atoms with E-state index in [0.717, 1.165) is 6.42 Å². The van der Waals surface area contributed by atoms with Gasteiger partial charge in [0.2, 0.25) is 0 Å². The highest BCUT2D eigenvalue weighted by Gasteiger charge is 2.27. The van der Waals surface area contributed by atoms with Gasteiger partial charge in [-0.3, -0.25) is 9.69 Å². The van der Waals surface area contributed by atoms with Gasteiger partial charge in [-0.15, -0.1) is 0 Å². The summed E-state index contributed by atoms with van der Waals surface area (Å²) in [4.78, 5) is 0. The van der Waals surface area contributed by atoms with Crippen LogP contribution >= 0.6 is 0 Å². The highest BCUT2D eigenvalue weighted by Crippen LogP contribution is 2.33. The number of para-hydroxylation sites is 1. The van der Waals surface area contributed by atoms with E-state index >= 15 is 0 Å². The van der Waals surface area contributed by atoms with Crippen molar-refractivity contribution in [1.29, 1.82) is 0 Å². The molecule has 0 aliphatic carbocycles. The Morgan fingerprint density at radius 3 is 2.35 bits per heavy atom. The summed E-state index contributed by atoms with van der Waals surface area (Å²) in [6.45, 7) is 6.63. The van der Waals surface area contributed by atoms with Crippen molar-refractivity contribution in [3.63, 3.8) is 0 Å². The lowest BCUT2D eigenvalue weighted by Crippen LogP contribution is -2.36. The maximum atomic E-state index is 2.42. The second-order valence-corrected chi connectivity index (χ2v) is 4.95. The molecule has 0 amide bonds. The number of aryl methyl sites for hydroxylation is 2. The van der Waals surface area contributed by atoms with Gasteiger partial charge in [0.25, 0.3) is 0 Å². The van der Waals surface area contributed by atoms with Gasteiger partial charge in [-0.1, -0.05) is 18.2 Å². The molecule has 0 bridgehead atoms. The first-order chi connectivity index (χ1) is 8.18. The molecule has 2 heteroatoms. The first-order valence-electron chi connectivity index (χ1n) is 6.21. The molecular formula is C15H18N2. The minimum atomic E-state index is 0.525. The van der Waals surface area contributed by atoms with Gasteiger partial charge in [0.1, 0.15) is 0 Å². The van der Waals surface area contributed by atoms with Gasteiger partial charge in [0, 0.05) is 11.4 Å². The van der Waals surface area contributed by atoms with Gasteiger partial charge < -0.3 is 0 Å². The van der Waals surface area contributed by atoms with Crippen molar-refractivity contribution in [1.82, 2.24) is 4.68 Å². The minimum absolute atomic E-state index is 0.525. The van der Waals surface area contributed by atoms with Crippen LogP contribution in [0.3, 0.4) is 0 Å². The second-order valence-electron chi connectivity index (χ2n) is 4.95. The molecule has 1 aliphatic heterocycles. The molecule has 17 heavy (non-hydrogen) atoms. The van der Waals surface area contributed by atoms with Gasteiger partial charge in [0.05, 0.1) is 11.7 Å². The van der Waals surface area contributed by atoms with Crippen molar-refractivity contribution in [3.8, 4) is 0 Å². The highest BCUT2D eigenvalue weighted by molar-refractivity contribution is 5.59. The third-order valence-electron chi connectivity index (χ3n) is 3.62. The molecule has 0 radical (unpaired) electrons. The zero-order valence-corrected chi connectivity index (χ0v) is 10.6. The summed E-state index contributed by atoms with van der Waals surface area (Å²) in [6, 6.07) is 13.6. The number of rotatable bonds is 1. The van der Waals surface area contributed by atoms with Crippen LogP contribution in [-0.4, -0.2) is 10.7 Å². The fraction of sp³-hybridized carbons (Fsp3) is 0.333. The molecule has 1 atom stereocenters. The van der Waals surface area contributed by atoms with Crippen LogP contribution in [0.4, 0.5) is 5.69 Å². The predicted octanol–water partition coefficient (Wildman–Crippen LogP) is 3.32. The molecule has 0 N–H and O–H groups in total. The molecule has 1 aromatic carbocycles. The molecule has 2 aromatic rings. The van der Waals surface area contributed by atoms with Crippen molar-refractivity contribution in [2.24, 2.45) is 0 Å². The van der Waals surface area contributed by atoms with E-state index in [-0.39, 0.29) is 0 Å². The lowest BCUT2D eigenvalue weighted by atomic mass is 10.1. The summed E-state index contributed by atoms with van der Waals surface area (Å²) in [7, 11) is 0. The maximum Gasteiger partial charge on any atom is 0.0614 e. The second kappa shape index (κ2) is 3.66. The summed E-state index contributed by atoms with van der Waals surface area (Å²) in [5.41, 5.74) is 5.40. The van der Waals surface area contributed by atoms with Crippen molar-refractivity contribution >= 4 is 5.69 Å². The summed E-state index contributed by atoms with van der Waals surface area (Å²) in [6.07, 6.45) is 1.13. The van der Waals surface area contributed by atoms with Crippen LogP contribution in [0.5, 0.6) is 0 Å². The summed E-state index contributed by atoms with van der Waals surface area (Å²) in [5, 5.41) is 2.42. The number of hydrogen-bond acceptors (Lipinski definition) is 1. The Labute approximate surface area is 102 Å². The number of benzene rings is 1. The van der Waals surface area contributed by atoms with E-state index in [2.05, 4.69) is 66.9 Å². The van der Waals surface area contributed by atoms with Crippen molar-refractivity contribution < 1.29 is 0 Å². The maximum absolute atomic E-state index is 2.42. The number of nitrogens with zero attached hydrogens (tertiary/aromatic N) is 2. The van der Waals surface area contributed by atoms with E-state index < -0.39 is 0 Å². The number of anilines is 1. The van der Waals surface area contributed by atoms with Gasteiger partial charge >= 0.3 is 0 Å². The fourth-order valence-corrected chi connectivity index (χ4v) is 2.85. The van der Waals surface area contributed by atoms with Crippen LogP contribution in [0, 0.1) is 13.8 Å². The van der Waals surface area contributed by atoms with Crippen LogP contribution < -0.4 is 5.01 Å². The number of hydrogen-bond donors (Lipinski definition) is 0. The Morgan fingerprint density at radius 2 is 1.65 bits per heavy atom. The van der Waals surface area contributed by atoms with Crippen LogP contribution in [0.25, 0.3) is 0 Å². The van der Waals surface area contributed by atoms with E-state index in [1.165, 1.54) is 22.6 Å². The van der Waals surface area contributed by atoms with Gasteiger partial charge in [-0.05, 0) is 51.0 Å². The molecule has 1 aliphatic rings. The summed E-state index contributed by atoms with van der Waals surface area (Å²) in [5.74, 6) is 0.